The van der Waals surface area contributed by atoms with Gasteiger partial charge in [-0.2, -0.15) is 0 Å². The molecule has 3 N–H and O–H groups in total. The van der Waals surface area contributed by atoms with Gasteiger partial charge in [-0.05, 0) is 35.4 Å². The molecule has 0 saturated carbocycles. The van der Waals surface area contributed by atoms with Crippen molar-refractivity contribution in [1.82, 2.24) is 5.43 Å². The van der Waals surface area contributed by atoms with Crippen LogP contribution in [0.4, 0.5) is 0 Å². The second kappa shape index (κ2) is 6.42. The van der Waals surface area contributed by atoms with E-state index < -0.39 is 0 Å². The average molecular weight is 282 g/mol. The quantitative estimate of drug-likeness (QED) is 0.656. The van der Waals surface area contributed by atoms with Crippen molar-refractivity contribution < 1.29 is 0 Å². The summed E-state index contributed by atoms with van der Waals surface area (Å²) in [5.74, 6) is 5.76. The van der Waals surface area contributed by atoms with Gasteiger partial charge in [0, 0.05) is 6.04 Å². The van der Waals surface area contributed by atoms with Crippen molar-refractivity contribution in [3.8, 4) is 0 Å². The van der Waals surface area contributed by atoms with Gasteiger partial charge in [-0.25, -0.2) is 0 Å². The maximum Gasteiger partial charge on any atom is 0.0500 e. The Morgan fingerprint density at radius 2 is 1.71 bits per heavy atom. The lowest BCUT2D eigenvalue weighted by atomic mass is 9.86. The number of nitrogens with two attached hydrogens (primary N) is 1. The molecule has 1 unspecified atom stereocenters. The third-order valence-electron chi connectivity index (χ3n) is 3.90. The Hall–Kier alpha value is -1.64. The molecular formula is C19H26N2. The Labute approximate surface area is 128 Å². The highest BCUT2D eigenvalue weighted by molar-refractivity contribution is 5.31. The van der Waals surface area contributed by atoms with Crippen LogP contribution in [0.15, 0.2) is 48.5 Å². The topological polar surface area (TPSA) is 38.0 Å². The van der Waals surface area contributed by atoms with Crippen LogP contribution in [0.25, 0.3) is 0 Å². The second-order valence-electron chi connectivity index (χ2n) is 6.78. The summed E-state index contributed by atoms with van der Waals surface area (Å²) in [6.07, 6.45) is 0.896. The molecule has 0 aliphatic rings. The number of hydrazine groups is 1. The first-order valence-electron chi connectivity index (χ1n) is 7.52. The molecule has 0 heterocycles. The molecule has 0 aromatic heterocycles. The Bertz CT molecular complexity index is 579. The first-order chi connectivity index (χ1) is 9.90. The molecule has 21 heavy (non-hydrogen) atoms. The zero-order valence-corrected chi connectivity index (χ0v) is 13.5. The Morgan fingerprint density at radius 3 is 2.24 bits per heavy atom. The second-order valence-corrected chi connectivity index (χ2v) is 6.78. The van der Waals surface area contributed by atoms with Crippen molar-refractivity contribution in [2.24, 2.45) is 5.84 Å². The molecule has 0 amide bonds. The summed E-state index contributed by atoms with van der Waals surface area (Å²) in [6.45, 7) is 8.81. The fraction of sp³-hybridized carbons (Fsp3) is 0.368. The third kappa shape index (κ3) is 4.16. The molecule has 0 aliphatic carbocycles. The molecule has 0 saturated heterocycles. The molecule has 0 radical (unpaired) electrons. The third-order valence-corrected chi connectivity index (χ3v) is 3.90. The van der Waals surface area contributed by atoms with Gasteiger partial charge >= 0.3 is 0 Å². The molecule has 2 aromatic carbocycles. The largest absolute Gasteiger partial charge is 0.271 e. The van der Waals surface area contributed by atoms with E-state index in [9.17, 15) is 0 Å². The molecule has 2 heteroatoms. The molecule has 2 rings (SSSR count). The summed E-state index contributed by atoms with van der Waals surface area (Å²) in [6, 6.07) is 17.5. The lowest BCUT2D eigenvalue weighted by Gasteiger charge is -2.21. The molecule has 0 bridgehead atoms. The van der Waals surface area contributed by atoms with E-state index in [4.69, 9.17) is 5.84 Å². The highest BCUT2D eigenvalue weighted by Gasteiger charge is 2.15. The van der Waals surface area contributed by atoms with Crippen molar-refractivity contribution in [3.63, 3.8) is 0 Å². The zero-order valence-electron chi connectivity index (χ0n) is 13.5. The van der Waals surface area contributed by atoms with E-state index in [1.165, 1.54) is 22.3 Å². The lowest BCUT2D eigenvalue weighted by molar-refractivity contribution is 0.549. The van der Waals surface area contributed by atoms with Crippen LogP contribution >= 0.6 is 0 Å². The van der Waals surface area contributed by atoms with Crippen LogP contribution in [-0.4, -0.2) is 0 Å². The minimum Gasteiger partial charge on any atom is -0.271 e. The van der Waals surface area contributed by atoms with Crippen molar-refractivity contribution in [2.45, 2.75) is 45.6 Å². The van der Waals surface area contributed by atoms with E-state index in [1.54, 1.807) is 0 Å². The van der Waals surface area contributed by atoms with E-state index in [-0.39, 0.29) is 11.5 Å². The smallest absolute Gasteiger partial charge is 0.0500 e. The lowest BCUT2D eigenvalue weighted by Crippen LogP contribution is -2.29. The monoisotopic (exact) mass is 282 g/mol. The van der Waals surface area contributed by atoms with Crippen LogP contribution < -0.4 is 11.3 Å². The van der Waals surface area contributed by atoms with Crippen molar-refractivity contribution in [3.05, 3.63) is 70.8 Å². The summed E-state index contributed by atoms with van der Waals surface area (Å²) in [4.78, 5) is 0. The SMILES string of the molecule is Cc1cccc(CC(NN)c2ccc(C(C)(C)C)cc2)c1. The van der Waals surface area contributed by atoms with Gasteiger partial charge in [-0.1, -0.05) is 74.9 Å². The standard InChI is InChI=1S/C19H26N2/c1-14-6-5-7-15(12-14)13-18(21-20)16-8-10-17(11-9-16)19(2,3)4/h5-12,18,21H,13,20H2,1-4H3. The van der Waals surface area contributed by atoms with Gasteiger partial charge in [-0.15, -0.1) is 0 Å². The van der Waals surface area contributed by atoms with E-state index in [0.717, 1.165) is 6.42 Å². The van der Waals surface area contributed by atoms with Crippen LogP contribution in [0.3, 0.4) is 0 Å². The molecular weight excluding hydrogens is 256 g/mol. The summed E-state index contributed by atoms with van der Waals surface area (Å²) >= 11 is 0. The molecule has 2 nitrogen and oxygen atoms in total. The Kier molecular flexibility index (Phi) is 4.81. The van der Waals surface area contributed by atoms with Gasteiger partial charge in [0.15, 0.2) is 0 Å². The van der Waals surface area contributed by atoms with E-state index in [1.807, 2.05) is 0 Å². The van der Waals surface area contributed by atoms with E-state index >= 15 is 0 Å². The Morgan fingerprint density at radius 1 is 1.05 bits per heavy atom. The predicted molar refractivity (Wildman–Crippen MR) is 90.1 cm³/mol. The predicted octanol–water partition coefficient (Wildman–Crippen LogP) is 4.04. The minimum absolute atomic E-state index is 0.140. The van der Waals surface area contributed by atoms with E-state index in [2.05, 4.69) is 81.7 Å². The first kappa shape index (κ1) is 15.7. The summed E-state index contributed by atoms with van der Waals surface area (Å²) in [7, 11) is 0. The number of benzene rings is 2. The van der Waals surface area contributed by atoms with Crippen LogP contribution in [0.5, 0.6) is 0 Å². The van der Waals surface area contributed by atoms with Crippen molar-refractivity contribution in [2.75, 3.05) is 0 Å². The number of hydrogen-bond donors (Lipinski definition) is 2. The van der Waals surface area contributed by atoms with Gasteiger partial charge in [0.1, 0.15) is 0 Å². The number of hydrogen-bond acceptors (Lipinski definition) is 2. The number of nitrogens with one attached hydrogen (secondary N) is 1. The van der Waals surface area contributed by atoms with Crippen LogP contribution in [0.2, 0.25) is 0 Å². The maximum atomic E-state index is 5.76. The van der Waals surface area contributed by atoms with Crippen LogP contribution in [-0.2, 0) is 11.8 Å². The van der Waals surface area contributed by atoms with E-state index in [0.29, 0.717) is 0 Å². The van der Waals surface area contributed by atoms with Gasteiger partial charge in [0.2, 0.25) is 0 Å². The van der Waals surface area contributed by atoms with Gasteiger partial charge < -0.3 is 0 Å². The van der Waals surface area contributed by atoms with Gasteiger partial charge in [0.05, 0.1) is 0 Å². The maximum absolute atomic E-state index is 5.76. The number of rotatable bonds is 4. The minimum atomic E-state index is 0.140. The molecule has 0 fully saturated rings. The number of aryl methyl sites for hydroxylation is 1. The summed E-state index contributed by atoms with van der Waals surface area (Å²) in [5, 5.41) is 0. The highest BCUT2D eigenvalue weighted by atomic mass is 15.2. The summed E-state index contributed by atoms with van der Waals surface area (Å²) < 4.78 is 0. The average Bonchev–Trinajstić information content (AvgIpc) is 2.44. The zero-order chi connectivity index (χ0) is 15.5. The van der Waals surface area contributed by atoms with Gasteiger partial charge in [-0.3, -0.25) is 11.3 Å². The molecule has 1 atom stereocenters. The fourth-order valence-corrected chi connectivity index (χ4v) is 2.56. The molecule has 2 aromatic rings. The molecule has 112 valence electrons. The van der Waals surface area contributed by atoms with Crippen molar-refractivity contribution in [1.29, 1.82) is 0 Å². The van der Waals surface area contributed by atoms with Crippen molar-refractivity contribution >= 4 is 0 Å². The normalized spacial score (nSPS) is 13.2. The first-order valence-corrected chi connectivity index (χ1v) is 7.52. The fourth-order valence-electron chi connectivity index (χ4n) is 2.56. The van der Waals surface area contributed by atoms with Crippen LogP contribution in [0, 0.1) is 6.92 Å². The molecule has 0 aliphatic heterocycles. The Balaban J connectivity index is 2.18. The summed E-state index contributed by atoms with van der Waals surface area (Å²) in [5.41, 5.74) is 8.29. The molecule has 0 spiro atoms. The highest BCUT2D eigenvalue weighted by Crippen LogP contribution is 2.25. The van der Waals surface area contributed by atoms with Gasteiger partial charge in [0.25, 0.3) is 0 Å². The van der Waals surface area contributed by atoms with Crippen LogP contribution in [0.1, 0.15) is 49.1 Å².